The van der Waals surface area contributed by atoms with Crippen LogP contribution in [0.15, 0.2) is 0 Å². The molecule has 2 amide bonds. The van der Waals surface area contributed by atoms with Gasteiger partial charge in [0.25, 0.3) is 0 Å². The monoisotopic (exact) mass is 324 g/mol. The van der Waals surface area contributed by atoms with Crippen molar-refractivity contribution < 1.29 is 9.59 Å². The number of amides is 2. The van der Waals surface area contributed by atoms with Crippen molar-refractivity contribution in [3.8, 4) is 0 Å². The molecule has 1 aromatic rings. The number of carbonyl (C=O) groups is 2. The van der Waals surface area contributed by atoms with Crippen molar-refractivity contribution in [2.45, 2.75) is 38.6 Å². The SMILES string of the molecule is CNC(=O)C1(C(=O)N2CCCC2c2c(C)nn(C)c2Cl)CC1. The Bertz CT molecular complexity index is 636. The summed E-state index contributed by atoms with van der Waals surface area (Å²) in [6, 6.07) is -0.0733. The smallest absolute Gasteiger partial charge is 0.238 e. The standard InChI is InChI=1S/C15H21ClN4O2/c1-9-11(12(16)19(3)18-9)10-5-4-8-20(10)14(22)15(6-7-15)13(21)17-2/h10H,4-8H2,1-3H3,(H,17,21). The van der Waals surface area contributed by atoms with E-state index in [4.69, 9.17) is 11.6 Å². The van der Waals surface area contributed by atoms with Crippen LogP contribution in [-0.2, 0) is 16.6 Å². The second-order valence-electron chi connectivity index (χ2n) is 6.23. The molecule has 1 unspecified atom stereocenters. The molecule has 2 heterocycles. The topological polar surface area (TPSA) is 67.2 Å². The summed E-state index contributed by atoms with van der Waals surface area (Å²) < 4.78 is 1.64. The Kier molecular flexibility index (Phi) is 3.67. The fourth-order valence-corrected chi connectivity index (χ4v) is 3.81. The Labute approximate surface area is 134 Å². The molecule has 1 saturated carbocycles. The van der Waals surface area contributed by atoms with Gasteiger partial charge < -0.3 is 10.2 Å². The third kappa shape index (κ3) is 2.12. The van der Waals surface area contributed by atoms with Gasteiger partial charge >= 0.3 is 0 Å². The van der Waals surface area contributed by atoms with Gasteiger partial charge in [0.05, 0.1) is 11.7 Å². The number of hydrogen-bond acceptors (Lipinski definition) is 3. The Hall–Kier alpha value is -1.56. The van der Waals surface area contributed by atoms with E-state index in [9.17, 15) is 9.59 Å². The van der Waals surface area contributed by atoms with Crippen LogP contribution in [0.2, 0.25) is 5.15 Å². The van der Waals surface area contributed by atoms with E-state index in [2.05, 4.69) is 10.4 Å². The van der Waals surface area contributed by atoms with Crippen molar-refractivity contribution in [1.29, 1.82) is 0 Å². The molecule has 1 aliphatic carbocycles. The summed E-state index contributed by atoms with van der Waals surface area (Å²) >= 11 is 6.37. The van der Waals surface area contributed by atoms with Crippen LogP contribution in [0.3, 0.4) is 0 Å². The van der Waals surface area contributed by atoms with Crippen LogP contribution in [0.4, 0.5) is 0 Å². The van der Waals surface area contributed by atoms with Crippen LogP contribution in [0, 0.1) is 12.3 Å². The lowest BCUT2D eigenvalue weighted by Crippen LogP contribution is -2.44. The number of hydrogen-bond donors (Lipinski definition) is 1. The fraction of sp³-hybridized carbons (Fsp3) is 0.667. The number of likely N-dealkylation sites (tertiary alicyclic amines) is 1. The van der Waals surface area contributed by atoms with Crippen LogP contribution >= 0.6 is 11.6 Å². The number of nitrogens with zero attached hydrogens (tertiary/aromatic N) is 3. The van der Waals surface area contributed by atoms with Gasteiger partial charge in [-0.2, -0.15) is 5.10 Å². The number of aryl methyl sites for hydroxylation is 2. The van der Waals surface area contributed by atoms with Crippen molar-refractivity contribution in [2.24, 2.45) is 12.5 Å². The van der Waals surface area contributed by atoms with E-state index in [-0.39, 0.29) is 17.9 Å². The highest BCUT2D eigenvalue weighted by Gasteiger charge is 2.59. The summed E-state index contributed by atoms with van der Waals surface area (Å²) in [6.45, 7) is 2.58. The maximum Gasteiger partial charge on any atom is 0.238 e. The average Bonchev–Trinajstić information content (AvgIpc) is 3.11. The summed E-state index contributed by atoms with van der Waals surface area (Å²) in [6.07, 6.45) is 3.05. The van der Waals surface area contributed by atoms with E-state index >= 15 is 0 Å². The largest absolute Gasteiger partial charge is 0.358 e. The molecular weight excluding hydrogens is 304 g/mol. The lowest BCUT2D eigenvalue weighted by molar-refractivity contribution is -0.144. The Morgan fingerprint density at radius 3 is 2.59 bits per heavy atom. The molecule has 7 heteroatoms. The van der Waals surface area contributed by atoms with Crippen molar-refractivity contribution in [1.82, 2.24) is 20.0 Å². The molecule has 2 fully saturated rings. The minimum atomic E-state index is -0.847. The highest BCUT2D eigenvalue weighted by atomic mass is 35.5. The van der Waals surface area contributed by atoms with Crippen LogP contribution in [0.5, 0.6) is 0 Å². The van der Waals surface area contributed by atoms with Crippen LogP contribution in [-0.4, -0.2) is 40.1 Å². The van der Waals surface area contributed by atoms with Gasteiger partial charge in [-0.05, 0) is 32.6 Å². The van der Waals surface area contributed by atoms with Gasteiger partial charge in [-0.25, -0.2) is 0 Å². The molecule has 3 rings (SSSR count). The summed E-state index contributed by atoms with van der Waals surface area (Å²) in [4.78, 5) is 26.8. The zero-order chi connectivity index (χ0) is 16.1. The number of aromatic nitrogens is 2. The first-order valence-corrected chi connectivity index (χ1v) is 8.02. The highest BCUT2D eigenvalue weighted by molar-refractivity contribution is 6.30. The maximum absolute atomic E-state index is 12.9. The van der Waals surface area contributed by atoms with E-state index < -0.39 is 5.41 Å². The molecule has 2 aliphatic rings. The Morgan fingerprint density at radius 2 is 2.09 bits per heavy atom. The zero-order valence-corrected chi connectivity index (χ0v) is 13.9. The van der Waals surface area contributed by atoms with Crippen LogP contribution in [0.1, 0.15) is 43.0 Å². The molecule has 0 aromatic carbocycles. The predicted octanol–water partition coefficient (Wildman–Crippen LogP) is 1.57. The Morgan fingerprint density at radius 1 is 1.41 bits per heavy atom. The minimum Gasteiger partial charge on any atom is -0.358 e. The molecule has 0 bridgehead atoms. The van der Waals surface area contributed by atoms with Crippen molar-refractivity contribution in [3.63, 3.8) is 0 Å². The first-order chi connectivity index (χ1) is 10.4. The van der Waals surface area contributed by atoms with E-state index in [1.54, 1.807) is 18.8 Å². The molecule has 1 aromatic heterocycles. The number of carbonyl (C=O) groups excluding carboxylic acids is 2. The van der Waals surface area contributed by atoms with Crippen molar-refractivity contribution in [3.05, 3.63) is 16.4 Å². The van der Waals surface area contributed by atoms with Crippen LogP contribution in [0.25, 0.3) is 0 Å². The maximum atomic E-state index is 12.9. The third-order valence-electron chi connectivity index (χ3n) is 4.86. The number of nitrogens with one attached hydrogen (secondary N) is 1. The third-order valence-corrected chi connectivity index (χ3v) is 5.31. The van der Waals surface area contributed by atoms with Gasteiger partial charge in [0.15, 0.2) is 0 Å². The summed E-state index contributed by atoms with van der Waals surface area (Å²) in [5, 5.41) is 7.55. The molecule has 1 N–H and O–H groups in total. The molecule has 22 heavy (non-hydrogen) atoms. The zero-order valence-electron chi connectivity index (χ0n) is 13.1. The summed E-state index contributed by atoms with van der Waals surface area (Å²) in [5.41, 5.74) is 0.921. The van der Waals surface area contributed by atoms with Gasteiger partial charge in [0.1, 0.15) is 10.6 Å². The fourth-order valence-electron chi connectivity index (χ4n) is 3.51. The highest BCUT2D eigenvalue weighted by Crippen LogP contribution is 2.50. The second-order valence-corrected chi connectivity index (χ2v) is 6.59. The summed E-state index contributed by atoms with van der Waals surface area (Å²) in [7, 11) is 3.38. The van der Waals surface area contributed by atoms with E-state index in [0.29, 0.717) is 24.5 Å². The lowest BCUT2D eigenvalue weighted by Gasteiger charge is -2.28. The van der Waals surface area contributed by atoms with Crippen LogP contribution < -0.4 is 5.32 Å². The average molecular weight is 325 g/mol. The van der Waals surface area contributed by atoms with Gasteiger partial charge in [0, 0.05) is 26.2 Å². The molecule has 6 nitrogen and oxygen atoms in total. The molecule has 1 aliphatic heterocycles. The minimum absolute atomic E-state index is 0.0614. The number of rotatable bonds is 3. The second kappa shape index (κ2) is 5.26. The molecule has 0 radical (unpaired) electrons. The van der Waals surface area contributed by atoms with Gasteiger partial charge in [0.2, 0.25) is 11.8 Å². The molecule has 120 valence electrons. The molecular formula is C15H21ClN4O2. The molecule has 1 atom stereocenters. The quantitative estimate of drug-likeness (QED) is 0.858. The Balaban J connectivity index is 1.91. The molecule has 1 saturated heterocycles. The van der Waals surface area contributed by atoms with E-state index in [0.717, 1.165) is 24.1 Å². The first-order valence-electron chi connectivity index (χ1n) is 7.64. The van der Waals surface area contributed by atoms with Crippen molar-refractivity contribution >= 4 is 23.4 Å². The normalized spacial score (nSPS) is 22.7. The summed E-state index contributed by atoms with van der Waals surface area (Å²) in [5.74, 6) is -0.231. The number of halogens is 1. The van der Waals surface area contributed by atoms with E-state index in [1.807, 2.05) is 11.8 Å². The van der Waals surface area contributed by atoms with Gasteiger partial charge in [-0.3, -0.25) is 14.3 Å². The van der Waals surface area contributed by atoms with Gasteiger partial charge in [-0.15, -0.1) is 0 Å². The van der Waals surface area contributed by atoms with Crippen molar-refractivity contribution in [2.75, 3.05) is 13.6 Å². The predicted molar refractivity (Wildman–Crippen MR) is 82.4 cm³/mol. The first kappa shape index (κ1) is 15.3. The van der Waals surface area contributed by atoms with Gasteiger partial charge in [-0.1, -0.05) is 11.6 Å². The molecule has 0 spiro atoms. The van der Waals surface area contributed by atoms with E-state index in [1.165, 1.54) is 0 Å². The lowest BCUT2D eigenvalue weighted by atomic mass is 10.0.